The van der Waals surface area contributed by atoms with Crippen LogP contribution in [-0.4, -0.2) is 58.1 Å². The molecule has 0 bridgehead atoms. The molecule has 0 radical (unpaired) electrons. The summed E-state index contributed by atoms with van der Waals surface area (Å²) in [5.74, 6) is -0.726. The maximum Gasteiger partial charge on any atom is 0.317 e. The second-order valence-corrected chi connectivity index (χ2v) is 7.24. The number of hydrogen-bond acceptors (Lipinski definition) is 5. The Bertz CT molecular complexity index is 484. The molecule has 1 aromatic rings. The van der Waals surface area contributed by atoms with Crippen LogP contribution in [0.1, 0.15) is 50.2 Å². The Kier molecular flexibility index (Phi) is 7.46. The van der Waals surface area contributed by atoms with E-state index in [1.165, 1.54) is 23.5 Å². The van der Waals surface area contributed by atoms with Crippen molar-refractivity contribution in [1.29, 1.82) is 0 Å². The zero-order valence-electron chi connectivity index (χ0n) is 14.3. The molecular weight excluding hydrogens is 310 g/mol. The van der Waals surface area contributed by atoms with Gasteiger partial charge in [0.1, 0.15) is 0 Å². The number of carboxylic acid groups (broad SMARTS) is 1. The lowest BCUT2D eigenvalue weighted by Crippen LogP contribution is -2.46. The number of likely N-dealkylation sites (tertiary alicyclic amines) is 1. The first-order valence-corrected chi connectivity index (χ1v) is 9.61. The molecule has 0 aliphatic carbocycles. The van der Waals surface area contributed by atoms with Crippen molar-refractivity contribution in [2.45, 2.75) is 58.5 Å². The molecule has 0 spiro atoms. The number of nitrogens with zero attached hydrogens (tertiary/aromatic N) is 3. The third kappa shape index (κ3) is 5.86. The van der Waals surface area contributed by atoms with Crippen LogP contribution in [0.15, 0.2) is 5.38 Å². The second kappa shape index (κ2) is 9.35. The molecular formula is C17H29N3O2S. The summed E-state index contributed by atoms with van der Waals surface area (Å²) in [7, 11) is 0. The van der Waals surface area contributed by atoms with Crippen LogP contribution < -0.4 is 0 Å². The smallest absolute Gasteiger partial charge is 0.317 e. The third-order valence-corrected chi connectivity index (χ3v) is 5.50. The highest BCUT2D eigenvalue weighted by molar-refractivity contribution is 7.09. The number of aliphatic carboxylic acids is 1. The van der Waals surface area contributed by atoms with E-state index >= 15 is 0 Å². The van der Waals surface area contributed by atoms with E-state index in [9.17, 15) is 4.79 Å². The summed E-state index contributed by atoms with van der Waals surface area (Å²) in [6, 6.07) is 0.405. The second-order valence-electron chi connectivity index (χ2n) is 6.30. The van der Waals surface area contributed by atoms with Crippen molar-refractivity contribution >= 4 is 17.3 Å². The van der Waals surface area contributed by atoms with Gasteiger partial charge in [-0.2, -0.15) is 0 Å². The number of carbonyl (C=O) groups is 1. The summed E-state index contributed by atoms with van der Waals surface area (Å²) in [6.07, 6.45) is 5.63. The summed E-state index contributed by atoms with van der Waals surface area (Å²) in [6.45, 7) is 8.22. The molecule has 5 nitrogen and oxygen atoms in total. The van der Waals surface area contributed by atoms with Crippen LogP contribution in [-0.2, 0) is 17.8 Å². The first-order chi connectivity index (χ1) is 11.1. The number of thiazole rings is 1. The van der Waals surface area contributed by atoms with Gasteiger partial charge in [-0.25, -0.2) is 4.98 Å². The number of unbranched alkanes of at least 4 members (excludes halogenated alkanes) is 1. The molecule has 1 N–H and O–H groups in total. The van der Waals surface area contributed by atoms with Crippen LogP contribution in [0.2, 0.25) is 0 Å². The molecule has 1 aromatic heterocycles. The van der Waals surface area contributed by atoms with Crippen molar-refractivity contribution in [3.63, 3.8) is 0 Å². The number of aromatic nitrogens is 1. The quantitative estimate of drug-likeness (QED) is 0.750. The fourth-order valence-corrected chi connectivity index (χ4v) is 4.04. The predicted molar refractivity (Wildman–Crippen MR) is 93.9 cm³/mol. The molecule has 0 atom stereocenters. The first-order valence-electron chi connectivity index (χ1n) is 8.73. The van der Waals surface area contributed by atoms with Gasteiger partial charge in [-0.3, -0.25) is 14.6 Å². The molecule has 1 saturated heterocycles. The third-order valence-electron chi connectivity index (χ3n) is 4.55. The molecule has 23 heavy (non-hydrogen) atoms. The molecule has 1 aliphatic rings. The molecule has 1 fully saturated rings. The van der Waals surface area contributed by atoms with Crippen molar-refractivity contribution in [3.8, 4) is 0 Å². The molecule has 6 heteroatoms. The number of hydrogen-bond donors (Lipinski definition) is 1. The summed E-state index contributed by atoms with van der Waals surface area (Å²) in [5.41, 5.74) is 1.19. The van der Waals surface area contributed by atoms with E-state index in [1.54, 1.807) is 11.3 Å². The zero-order chi connectivity index (χ0) is 16.7. The average molecular weight is 340 g/mol. The van der Waals surface area contributed by atoms with Crippen molar-refractivity contribution in [2.24, 2.45) is 0 Å². The van der Waals surface area contributed by atoms with E-state index in [4.69, 9.17) is 10.1 Å². The molecule has 0 saturated carbocycles. The molecule has 1 aliphatic heterocycles. The number of aryl methyl sites for hydroxylation is 1. The Labute approximate surface area is 143 Å². The van der Waals surface area contributed by atoms with Gasteiger partial charge in [0.2, 0.25) is 0 Å². The Morgan fingerprint density at radius 3 is 2.78 bits per heavy atom. The molecule has 2 rings (SSSR count). The highest BCUT2D eigenvalue weighted by Gasteiger charge is 2.25. The van der Waals surface area contributed by atoms with Gasteiger partial charge in [0, 0.05) is 31.1 Å². The Morgan fingerprint density at radius 1 is 1.43 bits per heavy atom. The van der Waals surface area contributed by atoms with Crippen LogP contribution in [0.25, 0.3) is 0 Å². The van der Waals surface area contributed by atoms with E-state index in [1.807, 2.05) is 6.92 Å². The van der Waals surface area contributed by atoms with E-state index in [-0.39, 0.29) is 6.54 Å². The predicted octanol–water partition coefficient (Wildman–Crippen LogP) is 2.86. The average Bonchev–Trinajstić information content (AvgIpc) is 2.98. The van der Waals surface area contributed by atoms with Gasteiger partial charge in [0.25, 0.3) is 0 Å². The Hall–Kier alpha value is -0.980. The monoisotopic (exact) mass is 339 g/mol. The topological polar surface area (TPSA) is 56.7 Å². The standard InChI is InChI=1S/C17H29N3O2S/c1-3-5-6-16-18-14(13-23-16)11-19-9-7-15(8-10-19)20(4-2)12-17(21)22/h13,15H,3-12H2,1-2H3,(H,21,22). The van der Waals surface area contributed by atoms with Crippen LogP contribution in [0.3, 0.4) is 0 Å². The molecule has 0 amide bonds. The van der Waals surface area contributed by atoms with Gasteiger partial charge in [-0.1, -0.05) is 20.3 Å². The zero-order valence-corrected chi connectivity index (χ0v) is 15.1. The van der Waals surface area contributed by atoms with Crippen molar-refractivity contribution in [1.82, 2.24) is 14.8 Å². The number of likely N-dealkylation sites (N-methyl/N-ethyl adjacent to an activating group) is 1. The number of carboxylic acids is 1. The fraction of sp³-hybridized carbons (Fsp3) is 0.765. The van der Waals surface area contributed by atoms with Crippen LogP contribution in [0.4, 0.5) is 0 Å². The van der Waals surface area contributed by atoms with Crippen molar-refractivity contribution < 1.29 is 9.90 Å². The van der Waals surface area contributed by atoms with E-state index in [0.717, 1.165) is 45.4 Å². The first kappa shape index (κ1) is 18.4. The summed E-state index contributed by atoms with van der Waals surface area (Å²) in [5, 5.41) is 12.5. The molecule has 0 aromatic carbocycles. The van der Waals surface area contributed by atoms with E-state index in [2.05, 4.69) is 22.1 Å². The lowest BCUT2D eigenvalue weighted by molar-refractivity contribution is -0.139. The van der Waals surface area contributed by atoms with Crippen LogP contribution in [0, 0.1) is 0 Å². The largest absolute Gasteiger partial charge is 0.480 e. The van der Waals surface area contributed by atoms with Gasteiger partial charge in [-0.05, 0) is 32.2 Å². The normalized spacial score (nSPS) is 17.0. The van der Waals surface area contributed by atoms with E-state index < -0.39 is 5.97 Å². The SMILES string of the molecule is CCCCc1nc(CN2CCC(N(CC)CC(=O)O)CC2)cs1. The minimum Gasteiger partial charge on any atom is -0.480 e. The lowest BCUT2D eigenvalue weighted by atomic mass is 10.0. The maximum absolute atomic E-state index is 10.9. The Balaban J connectivity index is 1.77. The fourth-order valence-electron chi connectivity index (χ4n) is 3.21. The number of rotatable bonds is 9. The number of piperidine rings is 1. The van der Waals surface area contributed by atoms with Gasteiger partial charge in [-0.15, -0.1) is 11.3 Å². The summed E-state index contributed by atoms with van der Waals surface area (Å²) < 4.78 is 0. The van der Waals surface area contributed by atoms with Gasteiger partial charge in [0.15, 0.2) is 0 Å². The van der Waals surface area contributed by atoms with Crippen molar-refractivity contribution in [3.05, 3.63) is 16.1 Å². The maximum atomic E-state index is 10.9. The lowest BCUT2D eigenvalue weighted by Gasteiger charge is -2.37. The van der Waals surface area contributed by atoms with Gasteiger partial charge < -0.3 is 5.11 Å². The summed E-state index contributed by atoms with van der Waals surface area (Å²) in [4.78, 5) is 20.2. The van der Waals surface area contributed by atoms with Crippen LogP contribution in [0.5, 0.6) is 0 Å². The van der Waals surface area contributed by atoms with E-state index in [0.29, 0.717) is 6.04 Å². The van der Waals surface area contributed by atoms with Crippen molar-refractivity contribution in [2.75, 3.05) is 26.2 Å². The summed E-state index contributed by atoms with van der Waals surface area (Å²) >= 11 is 1.78. The van der Waals surface area contributed by atoms with Gasteiger partial charge >= 0.3 is 5.97 Å². The van der Waals surface area contributed by atoms with Crippen LogP contribution >= 0.6 is 11.3 Å². The minimum atomic E-state index is -0.726. The Morgan fingerprint density at radius 2 is 2.17 bits per heavy atom. The van der Waals surface area contributed by atoms with Gasteiger partial charge in [0.05, 0.1) is 17.2 Å². The highest BCUT2D eigenvalue weighted by Crippen LogP contribution is 2.20. The molecule has 0 unspecified atom stereocenters. The highest BCUT2D eigenvalue weighted by atomic mass is 32.1. The molecule has 2 heterocycles. The molecule has 130 valence electrons. The minimum absolute atomic E-state index is 0.161.